The van der Waals surface area contributed by atoms with Gasteiger partial charge in [-0.1, -0.05) is 25.0 Å². The lowest BCUT2D eigenvalue weighted by Crippen LogP contribution is -2.56. The number of carbonyl (C=O) groups is 1. The lowest BCUT2D eigenvalue weighted by molar-refractivity contribution is 0.100. The summed E-state index contributed by atoms with van der Waals surface area (Å²) >= 11 is 0. The van der Waals surface area contributed by atoms with Crippen LogP contribution in [-0.2, 0) is 0 Å². The van der Waals surface area contributed by atoms with Gasteiger partial charge in [-0.15, -0.1) is 0 Å². The van der Waals surface area contributed by atoms with Crippen molar-refractivity contribution in [1.29, 1.82) is 0 Å². The van der Waals surface area contributed by atoms with Crippen molar-refractivity contribution in [3.05, 3.63) is 48.4 Å². The number of nitrogens with zero attached hydrogens (tertiary/aromatic N) is 4. The van der Waals surface area contributed by atoms with Crippen molar-refractivity contribution in [3.63, 3.8) is 0 Å². The molecule has 2 bridgehead atoms. The molecule has 0 spiro atoms. The lowest BCUT2D eigenvalue weighted by atomic mass is 9.89. The summed E-state index contributed by atoms with van der Waals surface area (Å²) in [6.45, 7) is 1.05. The van der Waals surface area contributed by atoms with E-state index >= 15 is 0 Å². The molecule has 188 valence electrons. The zero-order valence-electron chi connectivity index (χ0n) is 20.1. The molecule has 2 saturated carbocycles. The summed E-state index contributed by atoms with van der Waals surface area (Å²) < 4.78 is 6.02. The molecule has 1 amide bonds. The normalized spacial score (nSPS) is 27.3. The van der Waals surface area contributed by atoms with Gasteiger partial charge in [0.2, 0.25) is 11.9 Å². The van der Waals surface area contributed by atoms with Gasteiger partial charge in [-0.05, 0) is 43.7 Å². The van der Waals surface area contributed by atoms with Crippen molar-refractivity contribution in [2.45, 2.75) is 62.7 Å². The van der Waals surface area contributed by atoms with Crippen LogP contribution in [0.15, 0.2) is 47.3 Å². The maximum atomic E-state index is 11.5. The van der Waals surface area contributed by atoms with E-state index in [1.807, 2.05) is 18.5 Å². The molecule has 1 aromatic carbocycles. The van der Waals surface area contributed by atoms with Crippen LogP contribution in [0.1, 0.15) is 48.9 Å². The zero-order valence-corrected chi connectivity index (χ0v) is 20.1. The summed E-state index contributed by atoms with van der Waals surface area (Å²) in [6, 6.07) is 9.02. The van der Waals surface area contributed by atoms with Crippen molar-refractivity contribution in [2.24, 2.45) is 11.7 Å². The Labute approximate surface area is 209 Å². The molecule has 6 rings (SSSR count). The van der Waals surface area contributed by atoms with E-state index in [-0.39, 0.29) is 6.04 Å². The number of aromatic nitrogens is 3. The van der Waals surface area contributed by atoms with Gasteiger partial charge in [0, 0.05) is 41.8 Å². The lowest BCUT2D eigenvalue weighted by Gasteiger charge is -2.40. The molecule has 10 heteroatoms. The van der Waals surface area contributed by atoms with E-state index in [1.165, 1.54) is 25.7 Å². The second-order valence-electron chi connectivity index (χ2n) is 10.2. The number of benzene rings is 1. The highest BCUT2D eigenvalue weighted by Crippen LogP contribution is 2.41. The Kier molecular flexibility index (Phi) is 5.96. The first-order valence-electron chi connectivity index (χ1n) is 12.8. The molecule has 3 heterocycles. The molecule has 1 aliphatic heterocycles. The van der Waals surface area contributed by atoms with Gasteiger partial charge in [0.15, 0.2) is 5.76 Å². The summed E-state index contributed by atoms with van der Waals surface area (Å²) in [5, 5.41) is 7.54. The molecule has 3 aromatic rings. The van der Waals surface area contributed by atoms with Gasteiger partial charge in [0.05, 0.1) is 24.3 Å². The van der Waals surface area contributed by atoms with Crippen LogP contribution in [0.3, 0.4) is 0 Å². The second-order valence-corrected chi connectivity index (χ2v) is 10.2. The number of oxazole rings is 1. The average molecular weight is 489 g/mol. The molecule has 5 atom stereocenters. The van der Waals surface area contributed by atoms with Crippen LogP contribution in [0, 0.1) is 5.92 Å². The summed E-state index contributed by atoms with van der Waals surface area (Å²) in [5.41, 5.74) is 13.4. The van der Waals surface area contributed by atoms with E-state index in [0.717, 1.165) is 30.6 Å². The fourth-order valence-electron chi connectivity index (χ4n) is 6.22. The molecule has 2 aromatic heterocycles. The van der Waals surface area contributed by atoms with Gasteiger partial charge in [-0.3, -0.25) is 4.79 Å². The Hall–Kier alpha value is -3.66. The molecule has 3 aliphatic rings. The van der Waals surface area contributed by atoms with Gasteiger partial charge < -0.3 is 31.4 Å². The third-order valence-corrected chi connectivity index (χ3v) is 7.91. The van der Waals surface area contributed by atoms with E-state index in [0.29, 0.717) is 47.3 Å². The minimum Gasteiger partial charge on any atom is -0.424 e. The highest BCUT2D eigenvalue weighted by atomic mass is 16.4. The summed E-state index contributed by atoms with van der Waals surface area (Å²) in [6.07, 6.45) is 12.3. The number of anilines is 3. The van der Waals surface area contributed by atoms with Gasteiger partial charge in [0.1, 0.15) is 0 Å². The van der Waals surface area contributed by atoms with Gasteiger partial charge >= 0.3 is 0 Å². The Morgan fingerprint density at radius 2 is 1.83 bits per heavy atom. The number of hydrogen-bond acceptors (Lipinski definition) is 9. The molecule has 2 aliphatic carbocycles. The fourth-order valence-corrected chi connectivity index (χ4v) is 6.22. The predicted octanol–water partition coefficient (Wildman–Crippen LogP) is 2.79. The second kappa shape index (κ2) is 9.42. The number of primary amides is 1. The maximum absolute atomic E-state index is 11.5. The topological polar surface area (TPSA) is 148 Å². The van der Waals surface area contributed by atoms with Gasteiger partial charge in [-0.2, -0.15) is 0 Å². The van der Waals surface area contributed by atoms with Crippen molar-refractivity contribution in [3.8, 4) is 11.3 Å². The monoisotopic (exact) mass is 488 g/mol. The SMILES string of the molecule is NC(=O)c1cccc(-c2cnc(N[C@@H]3CCCC[C@H]3N[C@H]3C[C@@H]4C[C@H]3N(c3cnc(N)nc3)C4)o2)c1. The maximum Gasteiger partial charge on any atom is 0.295 e. The smallest absolute Gasteiger partial charge is 0.295 e. The number of rotatable bonds is 7. The van der Waals surface area contributed by atoms with E-state index in [1.54, 1.807) is 24.4 Å². The highest BCUT2D eigenvalue weighted by molar-refractivity contribution is 5.93. The Morgan fingerprint density at radius 1 is 1.03 bits per heavy atom. The number of nitrogens with two attached hydrogens (primary N) is 2. The molecular formula is C26H32N8O2. The Morgan fingerprint density at radius 3 is 2.61 bits per heavy atom. The molecule has 10 nitrogen and oxygen atoms in total. The largest absolute Gasteiger partial charge is 0.424 e. The molecule has 36 heavy (non-hydrogen) atoms. The van der Waals surface area contributed by atoms with Crippen LogP contribution in [0.5, 0.6) is 0 Å². The number of amides is 1. The zero-order chi connectivity index (χ0) is 24.6. The average Bonchev–Trinajstić information content (AvgIpc) is 3.62. The first kappa shape index (κ1) is 22.8. The van der Waals surface area contributed by atoms with Crippen LogP contribution in [0.4, 0.5) is 17.7 Å². The van der Waals surface area contributed by atoms with E-state index in [2.05, 4.69) is 30.5 Å². The van der Waals surface area contributed by atoms with Gasteiger partial charge in [-0.25, -0.2) is 15.0 Å². The van der Waals surface area contributed by atoms with Crippen LogP contribution >= 0.6 is 0 Å². The number of fused-ring (bicyclic) bond motifs is 2. The number of carbonyl (C=O) groups excluding carboxylic acids is 1. The molecule has 6 N–H and O–H groups in total. The number of nitrogens with one attached hydrogen (secondary N) is 2. The predicted molar refractivity (Wildman–Crippen MR) is 137 cm³/mol. The number of piperidine rings is 1. The van der Waals surface area contributed by atoms with Crippen LogP contribution in [-0.4, -0.2) is 51.6 Å². The van der Waals surface area contributed by atoms with Crippen molar-refractivity contribution in [1.82, 2.24) is 20.3 Å². The molecule has 0 unspecified atom stereocenters. The Balaban J connectivity index is 1.13. The van der Waals surface area contributed by atoms with Crippen LogP contribution in [0.25, 0.3) is 11.3 Å². The summed E-state index contributed by atoms with van der Waals surface area (Å²) in [7, 11) is 0. The van der Waals surface area contributed by atoms with Crippen LogP contribution in [0.2, 0.25) is 0 Å². The van der Waals surface area contributed by atoms with Crippen LogP contribution < -0.4 is 27.0 Å². The Bertz CT molecular complexity index is 1230. The van der Waals surface area contributed by atoms with E-state index in [9.17, 15) is 4.79 Å². The first-order valence-corrected chi connectivity index (χ1v) is 12.8. The van der Waals surface area contributed by atoms with Gasteiger partial charge in [0.25, 0.3) is 6.01 Å². The third kappa shape index (κ3) is 4.48. The summed E-state index contributed by atoms with van der Waals surface area (Å²) in [5.74, 6) is 1.14. The van der Waals surface area contributed by atoms with Crippen molar-refractivity contribution >= 4 is 23.6 Å². The quantitative estimate of drug-likeness (QED) is 0.394. The highest BCUT2D eigenvalue weighted by Gasteiger charge is 2.46. The molecule has 1 saturated heterocycles. The van der Waals surface area contributed by atoms with E-state index in [4.69, 9.17) is 15.9 Å². The van der Waals surface area contributed by atoms with E-state index < -0.39 is 5.91 Å². The first-order chi connectivity index (χ1) is 17.5. The minimum absolute atomic E-state index is 0.231. The molecule has 3 fully saturated rings. The third-order valence-electron chi connectivity index (χ3n) is 7.91. The minimum atomic E-state index is -0.464. The number of hydrogen-bond donors (Lipinski definition) is 4. The number of nitrogen functional groups attached to an aromatic ring is 1. The molecule has 0 radical (unpaired) electrons. The fraction of sp³-hybridized carbons (Fsp3) is 0.462. The van der Waals surface area contributed by atoms with Crippen molar-refractivity contribution < 1.29 is 9.21 Å². The van der Waals surface area contributed by atoms with Crippen molar-refractivity contribution in [2.75, 3.05) is 22.5 Å². The standard InChI is InChI=1S/C26H32N8O2/c27-24(35)17-5-3-4-16(10-17)23-13-31-26(36-23)33-20-7-2-1-6-19(20)32-21-8-15-9-22(21)34(14-15)18-11-29-25(28)30-12-18/h3-5,10-13,15,19-22,32H,1-2,6-9,14H2,(H2,27,35)(H,31,33)(H2,28,29,30)/t15-,19-,20-,21+,22-/m1/s1. The molecular weight excluding hydrogens is 456 g/mol. The summed E-state index contributed by atoms with van der Waals surface area (Å²) in [4.78, 5) is 26.8.